The predicted molar refractivity (Wildman–Crippen MR) is 117 cm³/mol. The van der Waals surface area contributed by atoms with E-state index in [2.05, 4.69) is 10.6 Å². The maximum absolute atomic E-state index is 12.3. The van der Waals surface area contributed by atoms with Crippen LogP contribution in [0.5, 0.6) is 5.75 Å². The van der Waals surface area contributed by atoms with Crippen LogP contribution in [0.4, 0.5) is 0 Å². The third-order valence-corrected chi connectivity index (χ3v) is 5.59. The Balaban J connectivity index is 1.39. The van der Waals surface area contributed by atoms with Crippen molar-refractivity contribution in [3.8, 4) is 5.75 Å². The monoisotopic (exact) mass is 444 g/mol. The molecule has 0 bridgehead atoms. The SMILES string of the molecule is O=C(NCCNC(=O)c1ccccc1Cl)c1ccc(O[C@H]2CC[C@@H](C(=O)O)CC2)cc1. The second-order valence-electron chi connectivity index (χ2n) is 7.45. The van der Waals surface area contributed by atoms with Gasteiger partial charge in [-0.15, -0.1) is 0 Å². The van der Waals surface area contributed by atoms with Crippen LogP contribution in [-0.2, 0) is 4.79 Å². The molecule has 1 aliphatic rings. The summed E-state index contributed by atoms with van der Waals surface area (Å²) in [6.45, 7) is 0.552. The van der Waals surface area contributed by atoms with E-state index in [0.717, 1.165) is 0 Å². The van der Waals surface area contributed by atoms with Gasteiger partial charge in [0.2, 0.25) is 0 Å². The number of carboxylic acids is 1. The van der Waals surface area contributed by atoms with E-state index in [9.17, 15) is 14.4 Å². The third-order valence-electron chi connectivity index (χ3n) is 5.26. The summed E-state index contributed by atoms with van der Waals surface area (Å²) in [4.78, 5) is 35.4. The van der Waals surface area contributed by atoms with Crippen LogP contribution < -0.4 is 15.4 Å². The van der Waals surface area contributed by atoms with E-state index < -0.39 is 5.97 Å². The summed E-state index contributed by atoms with van der Waals surface area (Å²) in [5, 5.41) is 14.9. The Morgan fingerprint density at radius 2 is 1.52 bits per heavy atom. The fraction of sp³-hybridized carbons (Fsp3) is 0.348. The summed E-state index contributed by atoms with van der Waals surface area (Å²) in [6.07, 6.45) is 2.65. The molecule has 2 amide bonds. The number of hydrogen-bond donors (Lipinski definition) is 3. The highest BCUT2D eigenvalue weighted by Crippen LogP contribution is 2.28. The summed E-state index contributed by atoms with van der Waals surface area (Å²) < 4.78 is 5.91. The summed E-state index contributed by atoms with van der Waals surface area (Å²) in [7, 11) is 0. The summed E-state index contributed by atoms with van der Waals surface area (Å²) in [5.74, 6) is -0.904. The molecule has 0 aromatic heterocycles. The number of halogens is 1. The van der Waals surface area contributed by atoms with E-state index in [1.165, 1.54) is 0 Å². The minimum atomic E-state index is -0.739. The zero-order chi connectivity index (χ0) is 22.2. The van der Waals surface area contributed by atoms with Gasteiger partial charge in [0.05, 0.1) is 22.6 Å². The van der Waals surface area contributed by atoms with Crippen molar-refractivity contribution >= 4 is 29.4 Å². The standard InChI is InChI=1S/C23H25ClN2O5/c24-20-4-2-1-3-19(20)22(28)26-14-13-25-21(27)15-5-9-17(10-6-15)31-18-11-7-16(8-12-18)23(29)30/h1-6,9-10,16,18H,7-8,11-14H2,(H,25,27)(H,26,28)(H,29,30)/t16-,18+. The van der Waals surface area contributed by atoms with Crippen molar-refractivity contribution in [2.45, 2.75) is 31.8 Å². The van der Waals surface area contributed by atoms with E-state index in [1.54, 1.807) is 48.5 Å². The highest BCUT2D eigenvalue weighted by atomic mass is 35.5. The molecule has 2 aromatic carbocycles. The maximum atomic E-state index is 12.3. The van der Waals surface area contributed by atoms with Crippen molar-refractivity contribution in [3.63, 3.8) is 0 Å². The molecule has 7 nitrogen and oxygen atoms in total. The zero-order valence-electron chi connectivity index (χ0n) is 17.0. The van der Waals surface area contributed by atoms with Crippen LogP contribution in [-0.4, -0.2) is 42.1 Å². The lowest BCUT2D eigenvalue weighted by molar-refractivity contribution is -0.143. The van der Waals surface area contributed by atoms with Crippen LogP contribution in [0, 0.1) is 5.92 Å². The van der Waals surface area contributed by atoms with Gasteiger partial charge in [-0.3, -0.25) is 14.4 Å². The van der Waals surface area contributed by atoms with Crippen LogP contribution >= 0.6 is 11.6 Å². The Morgan fingerprint density at radius 1 is 0.903 bits per heavy atom. The number of rotatable bonds is 8. The average molecular weight is 445 g/mol. The lowest BCUT2D eigenvalue weighted by atomic mass is 9.87. The van der Waals surface area contributed by atoms with Crippen LogP contribution in [0.25, 0.3) is 0 Å². The number of amides is 2. The predicted octanol–water partition coefficient (Wildman–Crippen LogP) is 3.52. The number of nitrogens with one attached hydrogen (secondary N) is 2. The van der Waals surface area contributed by atoms with Crippen molar-refractivity contribution in [1.82, 2.24) is 10.6 Å². The first-order chi connectivity index (χ1) is 14.9. The Hall–Kier alpha value is -3.06. The van der Waals surface area contributed by atoms with Crippen molar-refractivity contribution in [2.24, 2.45) is 5.92 Å². The first kappa shape index (κ1) is 22.6. The number of benzene rings is 2. The first-order valence-corrected chi connectivity index (χ1v) is 10.6. The van der Waals surface area contributed by atoms with Gasteiger partial charge in [-0.1, -0.05) is 23.7 Å². The summed E-state index contributed by atoms with van der Waals surface area (Å²) >= 11 is 5.99. The van der Waals surface area contributed by atoms with Crippen LogP contribution in [0.3, 0.4) is 0 Å². The van der Waals surface area contributed by atoms with Crippen molar-refractivity contribution in [1.29, 1.82) is 0 Å². The van der Waals surface area contributed by atoms with Crippen LogP contribution in [0.15, 0.2) is 48.5 Å². The van der Waals surface area contributed by atoms with Gasteiger partial charge in [-0.2, -0.15) is 0 Å². The summed E-state index contributed by atoms with van der Waals surface area (Å²) in [5.41, 5.74) is 0.877. The topological polar surface area (TPSA) is 105 Å². The number of carboxylic acid groups (broad SMARTS) is 1. The number of carbonyl (C=O) groups excluding carboxylic acids is 2. The molecule has 0 spiro atoms. The molecule has 0 saturated heterocycles. The molecular formula is C23H25ClN2O5. The van der Waals surface area contributed by atoms with Gasteiger partial charge in [-0.05, 0) is 62.1 Å². The Labute approximate surface area is 185 Å². The molecule has 164 valence electrons. The van der Waals surface area contributed by atoms with Crippen molar-refractivity contribution < 1.29 is 24.2 Å². The van der Waals surface area contributed by atoms with Gasteiger partial charge < -0.3 is 20.5 Å². The van der Waals surface area contributed by atoms with Gasteiger partial charge in [0.1, 0.15) is 5.75 Å². The Kier molecular flexibility index (Phi) is 7.89. The molecule has 0 radical (unpaired) electrons. The number of ether oxygens (including phenoxy) is 1. The van der Waals surface area contributed by atoms with E-state index in [-0.39, 0.29) is 36.9 Å². The van der Waals surface area contributed by atoms with Crippen LogP contribution in [0.1, 0.15) is 46.4 Å². The lowest BCUT2D eigenvalue weighted by Crippen LogP contribution is -2.34. The fourth-order valence-corrected chi connectivity index (χ4v) is 3.72. The molecule has 0 atom stereocenters. The third kappa shape index (κ3) is 6.46. The van der Waals surface area contributed by atoms with E-state index in [0.29, 0.717) is 47.6 Å². The second-order valence-corrected chi connectivity index (χ2v) is 7.85. The van der Waals surface area contributed by atoms with Gasteiger partial charge in [0, 0.05) is 18.7 Å². The highest BCUT2D eigenvalue weighted by molar-refractivity contribution is 6.33. The van der Waals surface area contributed by atoms with E-state index >= 15 is 0 Å². The minimum Gasteiger partial charge on any atom is -0.490 e. The van der Waals surface area contributed by atoms with Crippen molar-refractivity contribution in [3.05, 3.63) is 64.7 Å². The number of hydrogen-bond acceptors (Lipinski definition) is 4. The molecule has 1 fully saturated rings. The molecule has 0 heterocycles. The molecule has 0 unspecified atom stereocenters. The van der Waals surface area contributed by atoms with Gasteiger partial charge in [-0.25, -0.2) is 0 Å². The van der Waals surface area contributed by atoms with Gasteiger partial charge in [0.15, 0.2) is 0 Å². The molecule has 2 aromatic rings. The van der Waals surface area contributed by atoms with Crippen LogP contribution in [0.2, 0.25) is 5.02 Å². The smallest absolute Gasteiger partial charge is 0.306 e. The van der Waals surface area contributed by atoms with Gasteiger partial charge >= 0.3 is 5.97 Å². The summed E-state index contributed by atoms with van der Waals surface area (Å²) in [6, 6.07) is 13.6. The number of carbonyl (C=O) groups is 3. The van der Waals surface area contributed by atoms with E-state index in [4.69, 9.17) is 21.4 Å². The first-order valence-electron chi connectivity index (χ1n) is 10.2. The van der Waals surface area contributed by atoms with Gasteiger partial charge in [0.25, 0.3) is 11.8 Å². The molecule has 1 saturated carbocycles. The Bertz CT molecular complexity index is 924. The Morgan fingerprint density at radius 3 is 2.13 bits per heavy atom. The second kappa shape index (κ2) is 10.8. The maximum Gasteiger partial charge on any atom is 0.306 e. The minimum absolute atomic E-state index is 0.00277. The zero-order valence-corrected chi connectivity index (χ0v) is 17.7. The molecule has 1 aliphatic carbocycles. The molecule has 8 heteroatoms. The molecule has 0 aliphatic heterocycles. The number of aliphatic carboxylic acids is 1. The normalized spacial score (nSPS) is 18.1. The molecule has 3 N–H and O–H groups in total. The largest absolute Gasteiger partial charge is 0.490 e. The molecule has 31 heavy (non-hydrogen) atoms. The fourth-order valence-electron chi connectivity index (χ4n) is 3.50. The lowest BCUT2D eigenvalue weighted by Gasteiger charge is -2.26. The van der Waals surface area contributed by atoms with Crippen molar-refractivity contribution in [2.75, 3.05) is 13.1 Å². The quantitative estimate of drug-likeness (QED) is 0.540. The molecular weight excluding hydrogens is 420 g/mol. The average Bonchev–Trinajstić information content (AvgIpc) is 2.77. The molecule has 3 rings (SSSR count). The highest BCUT2D eigenvalue weighted by Gasteiger charge is 2.26. The van der Waals surface area contributed by atoms with E-state index in [1.807, 2.05) is 0 Å².